The number of hydrogen-bond acceptors (Lipinski definition) is 5. The second kappa shape index (κ2) is 9.19. The molecule has 7 nitrogen and oxygen atoms in total. The van der Waals surface area contributed by atoms with Gasteiger partial charge in [0.2, 0.25) is 0 Å². The van der Waals surface area contributed by atoms with Crippen molar-refractivity contribution in [3.8, 4) is 0 Å². The summed E-state index contributed by atoms with van der Waals surface area (Å²) in [4.78, 5) is 30.5. The highest BCUT2D eigenvalue weighted by Crippen LogP contribution is 2.44. The van der Waals surface area contributed by atoms with Gasteiger partial charge in [-0.25, -0.2) is 13.8 Å². The molecule has 40 heavy (non-hydrogen) atoms. The number of halogens is 6. The van der Waals surface area contributed by atoms with Gasteiger partial charge in [-0.05, 0) is 61.4 Å². The van der Waals surface area contributed by atoms with Gasteiger partial charge in [-0.1, -0.05) is 11.6 Å². The van der Waals surface area contributed by atoms with E-state index in [9.17, 15) is 31.5 Å². The van der Waals surface area contributed by atoms with Crippen LogP contribution in [0.15, 0.2) is 53.5 Å². The van der Waals surface area contributed by atoms with E-state index in [0.29, 0.717) is 18.7 Å². The molecule has 1 saturated carbocycles. The lowest BCUT2D eigenvalue weighted by Gasteiger charge is -2.19. The fraction of sp³-hybridized carbons (Fsp3) is 0.222. The summed E-state index contributed by atoms with van der Waals surface area (Å²) in [5.74, 6) is -3.53. The first-order chi connectivity index (χ1) is 18.9. The topological polar surface area (TPSA) is 91.8 Å². The van der Waals surface area contributed by atoms with Crippen LogP contribution in [0.25, 0.3) is 0 Å². The minimum atomic E-state index is -4.89. The summed E-state index contributed by atoms with van der Waals surface area (Å²) >= 11 is 6.30. The number of rotatable bonds is 4. The third-order valence-corrected chi connectivity index (χ3v) is 7.22. The summed E-state index contributed by atoms with van der Waals surface area (Å²) in [5, 5.41) is 8.27. The summed E-state index contributed by atoms with van der Waals surface area (Å²) in [6.45, 7) is 0.464. The number of hydrogen-bond donors (Lipinski definition) is 3. The molecule has 2 aliphatic heterocycles. The highest BCUT2D eigenvalue weighted by Gasteiger charge is 2.49. The Morgan fingerprint density at radius 1 is 1.07 bits per heavy atom. The van der Waals surface area contributed by atoms with E-state index in [-0.39, 0.29) is 50.8 Å². The first kappa shape index (κ1) is 26.1. The van der Waals surface area contributed by atoms with Gasteiger partial charge in [-0.3, -0.25) is 9.59 Å². The normalized spacial score (nSPS) is 18.6. The lowest BCUT2D eigenvalue weighted by atomic mass is 9.95. The lowest BCUT2D eigenvalue weighted by Crippen LogP contribution is -2.21. The van der Waals surface area contributed by atoms with E-state index < -0.39 is 46.8 Å². The van der Waals surface area contributed by atoms with Crippen molar-refractivity contribution in [1.82, 2.24) is 5.32 Å². The Kier molecular flexibility index (Phi) is 5.98. The number of nitrogens with zero attached hydrogens (tertiary/aromatic N) is 1. The summed E-state index contributed by atoms with van der Waals surface area (Å²) in [6, 6.07) is 7.11. The van der Waals surface area contributed by atoms with E-state index >= 15 is 0 Å². The van der Waals surface area contributed by atoms with Gasteiger partial charge in [-0.2, -0.15) is 13.2 Å². The fourth-order valence-corrected chi connectivity index (χ4v) is 4.96. The maximum Gasteiger partial charge on any atom is 0.416 e. The molecule has 1 aliphatic carbocycles. The maximum atomic E-state index is 14.1. The number of fused-ring (bicyclic) bond motifs is 1. The van der Waals surface area contributed by atoms with Crippen molar-refractivity contribution < 1.29 is 36.3 Å². The van der Waals surface area contributed by atoms with Crippen molar-refractivity contribution in [2.75, 3.05) is 17.2 Å². The molecule has 3 aromatic carbocycles. The molecule has 0 aromatic heterocycles. The second-order valence-corrected chi connectivity index (χ2v) is 10.2. The van der Waals surface area contributed by atoms with Crippen LogP contribution < -0.4 is 16.0 Å². The van der Waals surface area contributed by atoms with Crippen molar-refractivity contribution in [2.24, 2.45) is 4.99 Å². The number of ether oxygens (including phenoxy) is 1. The zero-order chi connectivity index (χ0) is 28.4. The van der Waals surface area contributed by atoms with Crippen LogP contribution in [-0.2, 0) is 10.9 Å². The Bertz CT molecular complexity index is 1620. The zero-order valence-electron chi connectivity index (χ0n) is 20.3. The van der Waals surface area contributed by atoms with E-state index in [1.165, 1.54) is 18.2 Å². The van der Waals surface area contributed by atoms with Crippen LogP contribution in [-0.4, -0.2) is 30.0 Å². The molecule has 13 heteroatoms. The maximum absolute atomic E-state index is 14.1. The standard InChI is InChI=1S/C27H18ClF5N4O3/c28-19-2-1-14(29)8-17(19)22-21-18(24(39)37-22)9-16(35-25-34-11-26(40-25)3-4-26)10-20(21)36-23(38)12-5-13(27(31,32)33)7-15(30)6-12/h1-2,5-10,22H,3-4,11H2,(H,34,35)(H,36,38)(H,37,39). The number of amides is 2. The number of benzene rings is 3. The van der Waals surface area contributed by atoms with Crippen molar-refractivity contribution in [3.63, 3.8) is 0 Å². The first-order valence-corrected chi connectivity index (χ1v) is 12.4. The number of alkyl halides is 3. The largest absolute Gasteiger partial charge is 0.456 e. The van der Waals surface area contributed by atoms with Gasteiger partial charge in [0.1, 0.15) is 17.2 Å². The van der Waals surface area contributed by atoms with E-state index in [2.05, 4.69) is 20.9 Å². The predicted octanol–water partition coefficient (Wildman–Crippen LogP) is 6.05. The first-order valence-electron chi connectivity index (χ1n) is 12.0. The van der Waals surface area contributed by atoms with Gasteiger partial charge in [0.05, 0.1) is 18.2 Å². The van der Waals surface area contributed by atoms with Crippen LogP contribution in [0.4, 0.5) is 33.3 Å². The second-order valence-electron chi connectivity index (χ2n) is 9.77. The molecule has 2 heterocycles. The molecule has 0 saturated heterocycles. The predicted molar refractivity (Wildman–Crippen MR) is 135 cm³/mol. The van der Waals surface area contributed by atoms with Crippen LogP contribution in [0.3, 0.4) is 0 Å². The zero-order valence-corrected chi connectivity index (χ0v) is 21.0. The Morgan fingerprint density at radius 2 is 1.85 bits per heavy atom. The Labute approximate surface area is 228 Å². The molecule has 206 valence electrons. The summed E-state index contributed by atoms with van der Waals surface area (Å²) < 4.78 is 73.8. The van der Waals surface area contributed by atoms with Crippen molar-refractivity contribution in [1.29, 1.82) is 0 Å². The molecule has 0 radical (unpaired) electrons. The van der Waals surface area contributed by atoms with Crippen LogP contribution in [0.2, 0.25) is 5.02 Å². The van der Waals surface area contributed by atoms with Gasteiger partial charge in [0.25, 0.3) is 17.8 Å². The van der Waals surface area contributed by atoms with Crippen molar-refractivity contribution in [2.45, 2.75) is 30.7 Å². The number of amidine groups is 1. The monoisotopic (exact) mass is 576 g/mol. The molecule has 3 N–H and O–H groups in total. The van der Waals surface area contributed by atoms with Crippen LogP contribution in [0.5, 0.6) is 0 Å². The molecular weight excluding hydrogens is 559 g/mol. The number of anilines is 2. The van der Waals surface area contributed by atoms with Crippen LogP contribution in [0.1, 0.15) is 56.3 Å². The van der Waals surface area contributed by atoms with Crippen LogP contribution >= 0.6 is 11.6 Å². The molecule has 1 fully saturated rings. The van der Waals surface area contributed by atoms with Crippen molar-refractivity contribution in [3.05, 3.63) is 93.0 Å². The lowest BCUT2D eigenvalue weighted by molar-refractivity contribution is -0.137. The van der Waals surface area contributed by atoms with Gasteiger partial charge < -0.3 is 20.7 Å². The molecular formula is C27H18ClF5N4O3. The third kappa shape index (κ3) is 4.83. The molecule has 0 bridgehead atoms. The molecule has 1 unspecified atom stereocenters. The van der Waals surface area contributed by atoms with E-state index in [1.54, 1.807) is 0 Å². The smallest absolute Gasteiger partial charge is 0.416 e. The Hall–Kier alpha value is -4.19. The average molecular weight is 577 g/mol. The van der Waals surface area contributed by atoms with E-state index in [1.807, 2.05) is 0 Å². The molecule has 6 rings (SSSR count). The van der Waals surface area contributed by atoms with E-state index in [0.717, 1.165) is 25.0 Å². The van der Waals surface area contributed by atoms with Gasteiger partial charge in [0.15, 0.2) is 0 Å². The molecule has 3 aliphatic rings. The summed E-state index contributed by atoms with van der Waals surface area (Å²) in [6.07, 6.45) is -3.20. The number of nitrogens with one attached hydrogen (secondary N) is 3. The van der Waals surface area contributed by atoms with Crippen LogP contribution in [0, 0.1) is 11.6 Å². The Morgan fingerprint density at radius 3 is 2.55 bits per heavy atom. The molecule has 1 spiro atoms. The van der Waals surface area contributed by atoms with E-state index in [4.69, 9.17) is 16.3 Å². The third-order valence-electron chi connectivity index (χ3n) is 6.88. The number of carbonyl (C=O) groups excluding carboxylic acids is 2. The fourth-order valence-electron chi connectivity index (χ4n) is 4.73. The average Bonchev–Trinajstić information content (AvgIpc) is 3.41. The minimum Gasteiger partial charge on any atom is -0.456 e. The summed E-state index contributed by atoms with van der Waals surface area (Å²) in [7, 11) is 0. The SMILES string of the molecule is O=C(Nc1cc(NC2=NCC3(CC3)O2)cc2c1C(c1cc(F)ccc1Cl)NC2=O)c1cc(F)cc(C(F)(F)F)c1. The highest BCUT2D eigenvalue weighted by molar-refractivity contribution is 6.31. The van der Waals surface area contributed by atoms with Gasteiger partial charge in [-0.15, -0.1) is 0 Å². The highest BCUT2D eigenvalue weighted by atomic mass is 35.5. The number of carbonyl (C=O) groups is 2. The quantitative estimate of drug-likeness (QED) is 0.330. The summed E-state index contributed by atoms with van der Waals surface area (Å²) in [5.41, 5.74) is -1.54. The Balaban J connectivity index is 1.42. The van der Waals surface area contributed by atoms with Crippen molar-refractivity contribution >= 4 is 40.8 Å². The van der Waals surface area contributed by atoms with Gasteiger partial charge >= 0.3 is 6.18 Å². The number of aliphatic imine (C=N–C) groups is 1. The minimum absolute atomic E-state index is 0.00812. The molecule has 3 aromatic rings. The van der Waals surface area contributed by atoms with Gasteiger partial charge in [0, 0.05) is 38.7 Å². The molecule has 2 amide bonds. The molecule has 1 atom stereocenters.